The van der Waals surface area contributed by atoms with Gasteiger partial charge in [0, 0.05) is 12.6 Å². The quantitative estimate of drug-likeness (QED) is 0.611. The maximum atomic E-state index is 13.7. The minimum absolute atomic E-state index is 0.126. The highest BCUT2D eigenvalue weighted by molar-refractivity contribution is 6.00. The average Bonchev–Trinajstić information content (AvgIpc) is 3.48. The fourth-order valence-electron chi connectivity index (χ4n) is 5.02. The van der Waals surface area contributed by atoms with Crippen LogP contribution in [0.25, 0.3) is 11.5 Å². The van der Waals surface area contributed by atoms with E-state index in [1.165, 1.54) is 18.6 Å². The van der Waals surface area contributed by atoms with Crippen molar-refractivity contribution in [1.82, 2.24) is 14.8 Å². The van der Waals surface area contributed by atoms with Gasteiger partial charge in [0.1, 0.15) is 22.8 Å². The average molecular weight is 450 g/mol. The second-order valence-electron chi connectivity index (χ2n) is 9.27. The monoisotopic (exact) mass is 449 g/mol. The molecule has 33 heavy (non-hydrogen) atoms. The van der Waals surface area contributed by atoms with Crippen molar-refractivity contribution in [1.29, 1.82) is 0 Å². The highest BCUT2D eigenvalue weighted by atomic mass is 19.1. The first-order valence-electron chi connectivity index (χ1n) is 11.6. The van der Waals surface area contributed by atoms with Gasteiger partial charge in [0.05, 0.1) is 18.5 Å². The summed E-state index contributed by atoms with van der Waals surface area (Å²) in [4.78, 5) is 29.0. The molecular weight excluding hydrogens is 421 g/mol. The first-order chi connectivity index (χ1) is 16.0. The number of nitrogens with zero attached hydrogens (tertiary/aromatic N) is 2. The Kier molecular flexibility index (Phi) is 5.56. The van der Waals surface area contributed by atoms with Crippen LogP contribution < -0.4 is 5.32 Å². The van der Waals surface area contributed by atoms with Crippen LogP contribution in [0.3, 0.4) is 0 Å². The first-order valence-corrected chi connectivity index (χ1v) is 11.6. The summed E-state index contributed by atoms with van der Waals surface area (Å²) >= 11 is 0. The number of fused-ring (bicyclic) bond motifs is 1. The molecule has 6 nitrogen and oxygen atoms in total. The van der Waals surface area contributed by atoms with Crippen LogP contribution in [-0.2, 0) is 17.9 Å². The molecule has 0 spiro atoms. The molecule has 1 saturated carbocycles. The number of hydrogen-bond acceptors (Lipinski definition) is 3. The number of aromatic nitrogens is 1. The van der Waals surface area contributed by atoms with Crippen LogP contribution in [-0.4, -0.2) is 32.9 Å². The molecule has 1 N–H and O–H groups in total. The summed E-state index contributed by atoms with van der Waals surface area (Å²) in [6.07, 6.45) is 6.91. The summed E-state index contributed by atoms with van der Waals surface area (Å²) in [5.74, 6) is -0.0751. The van der Waals surface area contributed by atoms with Crippen LogP contribution in [0, 0.1) is 5.82 Å². The summed E-state index contributed by atoms with van der Waals surface area (Å²) in [7, 11) is 0. The molecule has 0 bridgehead atoms. The Bertz CT molecular complexity index is 1150. The largest absolute Gasteiger partial charge is 0.463 e. The number of carbonyl (C=O) groups excluding carboxylic acids is 2. The Morgan fingerprint density at radius 1 is 1.09 bits per heavy atom. The third-order valence-corrected chi connectivity index (χ3v) is 6.96. The standard InChI is InChI=1S/C26H28FN3O3/c1-26(25(32)28-20-6-3-2-4-7-20)17-29-21(23-8-5-15-33-23)13-14-22(29)24(31)30(26)16-18-9-11-19(27)12-10-18/h5,8-15,20H,2-4,6-7,16-17H2,1H3,(H,28,32). The zero-order valence-corrected chi connectivity index (χ0v) is 18.7. The smallest absolute Gasteiger partial charge is 0.271 e. The molecule has 1 fully saturated rings. The molecule has 2 aliphatic rings. The minimum atomic E-state index is -1.11. The molecule has 1 aromatic carbocycles. The van der Waals surface area contributed by atoms with E-state index in [0.717, 1.165) is 36.9 Å². The van der Waals surface area contributed by atoms with Gasteiger partial charge in [-0.2, -0.15) is 0 Å². The summed E-state index contributed by atoms with van der Waals surface area (Å²) < 4.78 is 20.9. The predicted octanol–water partition coefficient (Wildman–Crippen LogP) is 4.75. The zero-order chi connectivity index (χ0) is 23.0. The predicted molar refractivity (Wildman–Crippen MR) is 122 cm³/mol. The van der Waals surface area contributed by atoms with Crippen LogP contribution in [0.15, 0.2) is 59.2 Å². The van der Waals surface area contributed by atoms with Gasteiger partial charge in [-0.25, -0.2) is 4.39 Å². The molecule has 7 heteroatoms. The van der Waals surface area contributed by atoms with E-state index in [2.05, 4.69) is 5.32 Å². The van der Waals surface area contributed by atoms with Crippen LogP contribution in [0.2, 0.25) is 0 Å². The van der Waals surface area contributed by atoms with E-state index >= 15 is 0 Å². The Morgan fingerprint density at radius 2 is 1.82 bits per heavy atom. The van der Waals surface area contributed by atoms with E-state index in [1.807, 2.05) is 23.6 Å². The highest BCUT2D eigenvalue weighted by Crippen LogP contribution is 2.34. The molecule has 0 saturated heterocycles. The highest BCUT2D eigenvalue weighted by Gasteiger charge is 2.48. The van der Waals surface area contributed by atoms with Crippen molar-refractivity contribution >= 4 is 11.8 Å². The summed E-state index contributed by atoms with van der Waals surface area (Å²) in [5, 5.41) is 3.22. The molecule has 2 aromatic heterocycles. The Morgan fingerprint density at radius 3 is 2.52 bits per heavy atom. The zero-order valence-electron chi connectivity index (χ0n) is 18.7. The number of hydrogen-bond donors (Lipinski definition) is 1. The Hall–Kier alpha value is -3.35. The van der Waals surface area contributed by atoms with Crippen molar-refractivity contribution in [2.75, 3.05) is 0 Å². The van der Waals surface area contributed by atoms with Crippen LogP contribution in [0.1, 0.15) is 55.1 Å². The fourth-order valence-corrected chi connectivity index (χ4v) is 5.02. The Labute approximate surface area is 192 Å². The molecule has 172 valence electrons. The fraction of sp³-hybridized carbons (Fsp3) is 0.385. The van der Waals surface area contributed by atoms with Gasteiger partial charge in [-0.3, -0.25) is 9.59 Å². The lowest BCUT2D eigenvalue weighted by Gasteiger charge is -2.45. The van der Waals surface area contributed by atoms with Crippen LogP contribution >= 0.6 is 0 Å². The van der Waals surface area contributed by atoms with Gasteiger partial charge in [0.15, 0.2) is 0 Å². The number of amides is 2. The van der Waals surface area contributed by atoms with Crippen molar-refractivity contribution in [3.05, 3.63) is 71.9 Å². The molecule has 1 aliphatic heterocycles. The SMILES string of the molecule is CC1(C(=O)NC2CCCCC2)Cn2c(ccc2-c2ccco2)C(=O)N1Cc1ccc(F)cc1. The second-order valence-corrected chi connectivity index (χ2v) is 9.27. The number of carbonyl (C=O) groups is 2. The van der Waals surface area contributed by atoms with Crippen molar-refractivity contribution in [2.45, 2.75) is 63.7 Å². The van der Waals surface area contributed by atoms with Crippen molar-refractivity contribution < 1.29 is 18.4 Å². The van der Waals surface area contributed by atoms with Crippen molar-refractivity contribution in [2.24, 2.45) is 0 Å². The lowest BCUT2D eigenvalue weighted by molar-refractivity contribution is -0.134. The lowest BCUT2D eigenvalue weighted by Crippen LogP contribution is -2.64. The lowest BCUT2D eigenvalue weighted by atomic mass is 9.91. The molecular formula is C26H28FN3O3. The van der Waals surface area contributed by atoms with E-state index < -0.39 is 5.54 Å². The van der Waals surface area contributed by atoms with Crippen molar-refractivity contribution in [3.63, 3.8) is 0 Å². The topological polar surface area (TPSA) is 67.5 Å². The maximum Gasteiger partial charge on any atom is 0.271 e. The summed E-state index contributed by atoms with van der Waals surface area (Å²) in [6, 6.07) is 13.5. The number of nitrogens with one attached hydrogen (secondary N) is 1. The molecule has 2 amide bonds. The number of benzene rings is 1. The molecule has 1 atom stereocenters. The van der Waals surface area contributed by atoms with E-state index in [0.29, 0.717) is 18.0 Å². The van der Waals surface area contributed by atoms with Gasteiger partial charge < -0.3 is 19.2 Å². The normalized spacial score (nSPS) is 21.2. The van der Waals surface area contributed by atoms with Gasteiger partial charge in [0.2, 0.25) is 5.91 Å². The number of rotatable bonds is 5. The van der Waals surface area contributed by atoms with E-state index in [-0.39, 0.29) is 30.2 Å². The van der Waals surface area contributed by atoms with Gasteiger partial charge in [0.25, 0.3) is 5.91 Å². The van der Waals surface area contributed by atoms with Gasteiger partial charge in [-0.1, -0.05) is 31.4 Å². The molecule has 0 radical (unpaired) electrons. The van der Waals surface area contributed by atoms with Gasteiger partial charge in [-0.05, 0) is 61.7 Å². The maximum absolute atomic E-state index is 13.7. The minimum Gasteiger partial charge on any atom is -0.463 e. The third kappa shape index (κ3) is 3.96. The molecule has 5 rings (SSSR count). The van der Waals surface area contributed by atoms with E-state index in [9.17, 15) is 14.0 Å². The Balaban J connectivity index is 1.52. The van der Waals surface area contributed by atoms with E-state index in [1.54, 1.807) is 35.4 Å². The van der Waals surface area contributed by atoms with Crippen LogP contribution in [0.5, 0.6) is 0 Å². The van der Waals surface area contributed by atoms with Gasteiger partial charge in [-0.15, -0.1) is 0 Å². The molecule has 3 aromatic rings. The summed E-state index contributed by atoms with van der Waals surface area (Å²) in [5.41, 5.74) is 0.927. The third-order valence-electron chi connectivity index (χ3n) is 6.96. The van der Waals surface area contributed by atoms with Crippen LogP contribution in [0.4, 0.5) is 4.39 Å². The molecule has 3 heterocycles. The van der Waals surface area contributed by atoms with E-state index in [4.69, 9.17) is 4.42 Å². The molecule has 1 unspecified atom stereocenters. The number of furan rings is 1. The summed E-state index contributed by atoms with van der Waals surface area (Å²) in [6.45, 7) is 2.34. The van der Waals surface area contributed by atoms with Gasteiger partial charge >= 0.3 is 0 Å². The second kappa shape index (κ2) is 8.54. The first kappa shape index (κ1) is 21.5. The number of halogens is 1. The van der Waals surface area contributed by atoms with Crippen molar-refractivity contribution in [3.8, 4) is 11.5 Å². The molecule has 1 aliphatic carbocycles.